The first kappa shape index (κ1) is 13.4. The fourth-order valence-electron chi connectivity index (χ4n) is 1.70. The Labute approximate surface area is 116 Å². The van der Waals surface area contributed by atoms with Crippen molar-refractivity contribution in [3.05, 3.63) is 53.2 Å². The van der Waals surface area contributed by atoms with E-state index >= 15 is 0 Å². The second-order valence-electron chi connectivity index (χ2n) is 4.24. The van der Waals surface area contributed by atoms with Crippen LogP contribution in [0.1, 0.15) is 16.8 Å². The summed E-state index contributed by atoms with van der Waals surface area (Å²) >= 11 is 1.55. The van der Waals surface area contributed by atoms with E-state index < -0.39 is 0 Å². The first-order valence-electron chi connectivity index (χ1n) is 5.79. The highest BCUT2D eigenvalue weighted by atomic mass is 32.2. The summed E-state index contributed by atoms with van der Waals surface area (Å²) in [6.07, 6.45) is 0. The molecule has 0 aliphatic carbocycles. The Kier molecular flexibility index (Phi) is 4.06. The van der Waals surface area contributed by atoms with Gasteiger partial charge < -0.3 is 10.9 Å². The molecule has 0 spiro atoms. The minimum atomic E-state index is 0.0941. The molecule has 0 bridgehead atoms. The van der Waals surface area contributed by atoms with Crippen LogP contribution < -0.4 is 5.73 Å². The van der Waals surface area contributed by atoms with E-state index in [0.29, 0.717) is 5.56 Å². The lowest BCUT2D eigenvalue weighted by Gasteiger charge is -2.06. The van der Waals surface area contributed by atoms with Crippen molar-refractivity contribution in [1.82, 2.24) is 4.98 Å². The quantitative estimate of drug-likeness (QED) is 0.390. The summed E-state index contributed by atoms with van der Waals surface area (Å²) in [7, 11) is 0. The Hall–Kier alpha value is -2.01. The lowest BCUT2D eigenvalue weighted by Crippen LogP contribution is -2.13. The molecule has 0 unspecified atom stereocenters. The Balaban J connectivity index is 2.33. The van der Waals surface area contributed by atoms with Gasteiger partial charge in [-0.15, -0.1) is 0 Å². The highest BCUT2D eigenvalue weighted by Gasteiger charge is 2.06. The number of oxime groups is 1. The molecule has 1 aromatic carbocycles. The number of benzene rings is 1. The minimum Gasteiger partial charge on any atom is -0.409 e. The van der Waals surface area contributed by atoms with Crippen LogP contribution in [0.2, 0.25) is 0 Å². The van der Waals surface area contributed by atoms with E-state index in [1.54, 1.807) is 17.8 Å². The first-order valence-corrected chi connectivity index (χ1v) is 6.61. The maximum Gasteiger partial charge on any atom is 0.170 e. The second-order valence-corrected chi connectivity index (χ2v) is 5.33. The molecule has 0 atom stereocenters. The van der Waals surface area contributed by atoms with Crippen LogP contribution in [0.5, 0.6) is 0 Å². The van der Waals surface area contributed by atoms with Crippen LogP contribution in [-0.2, 0) is 0 Å². The molecule has 0 saturated heterocycles. The molecule has 98 valence electrons. The van der Waals surface area contributed by atoms with Gasteiger partial charge in [-0.2, -0.15) is 0 Å². The number of rotatable bonds is 3. The summed E-state index contributed by atoms with van der Waals surface area (Å²) in [5.74, 6) is 0.0941. The summed E-state index contributed by atoms with van der Waals surface area (Å²) in [5, 5.41) is 12.6. The van der Waals surface area contributed by atoms with Crippen molar-refractivity contribution in [3.8, 4) is 0 Å². The van der Waals surface area contributed by atoms with E-state index in [2.05, 4.69) is 29.2 Å². The van der Waals surface area contributed by atoms with Gasteiger partial charge in [0, 0.05) is 16.2 Å². The molecule has 19 heavy (non-hydrogen) atoms. The van der Waals surface area contributed by atoms with E-state index in [1.807, 2.05) is 25.1 Å². The number of hydrogen-bond acceptors (Lipinski definition) is 4. The van der Waals surface area contributed by atoms with Gasteiger partial charge in [0.2, 0.25) is 0 Å². The number of amidine groups is 1. The number of nitrogens with two attached hydrogens (primary N) is 1. The average molecular weight is 273 g/mol. The van der Waals surface area contributed by atoms with Gasteiger partial charge in [0.1, 0.15) is 5.03 Å². The molecule has 1 heterocycles. The van der Waals surface area contributed by atoms with Gasteiger partial charge in [-0.05, 0) is 38.1 Å². The van der Waals surface area contributed by atoms with Crippen molar-refractivity contribution in [2.75, 3.05) is 0 Å². The number of aromatic nitrogens is 1. The average Bonchev–Trinajstić information content (AvgIpc) is 2.37. The van der Waals surface area contributed by atoms with Crippen molar-refractivity contribution < 1.29 is 5.21 Å². The smallest absolute Gasteiger partial charge is 0.170 e. The molecule has 0 fully saturated rings. The van der Waals surface area contributed by atoms with E-state index in [-0.39, 0.29) is 5.84 Å². The number of aryl methyl sites for hydroxylation is 2. The molecule has 0 aliphatic heterocycles. The second kappa shape index (κ2) is 5.75. The van der Waals surface area contributed by atoms with Crippen molar-refractivity contribution in [1.29, 1.82) is 0 Å². The fraction of sp³-hybridized carbons (Fsp3) is 0.143. The fourth-order valence-corrected chi connectivity index (χ4v) is 2.70. The lowest BCUT2D eigenvalue weighted by atomic mass is 10.2. The van der Waals surface area contributed by atoms with Gasteiger partial charge in [0.05, 0.1) is 0 Å². The van der Waals surface area contributed by atoms with Gasteiger partial charge in [0.25, 0.3) is 0 Å². The highest BCUT2D eigenvalue weighted by Crippen LogP contribution is 2.27. The number of pyridine rings is 1. The maximum absolute atomic E-state index is 8.73. The van der Waals surface area contributed by atoms with Gasteiger partial charge >= 0.3 is 0 Å². The van der Waals surface area contributed by atoms with Crippen molar-refractivity contribution in [3.63, 3.8) is 0 Å². The van der Waals surface area contributed by atoms with Gasteiger partial charge in [-0.25, -0.2) is 4.98 Å². The number of nitrogens with zero attached hydrogens (tertiary/aromatic N) is 2. The third-order valence-corrected chi connectivity index (χ3v) is 3.45. The van der Waals surface area contributed by atoms with E-state index in [1.165, 1.54) is 5.56 Å². The molecular weight excluding hydrogens is 258 g/mol. The summed E-state index contributed by atoms with van der Waals surface area (Å²) in [6.45, 7) is 3.93. The molecule has 1 aromatic heterocycles. The third-order valence-electron chi connectivity index (χ3n) is 2.55. The molecule has 0 saturated carbocycles. The molecule has 4 nitrogen and oxygen atoms in total. The Morgan fingerprint density at radius 2 is 2.05 bits per heavy atom. The molecule has 0 radical (unpaired) electrons. The van der Waals surface area contributed by atoms with E-state index in [4.69, 9.17) is 10.9 Å². The zero-order valence-corrected chi connectivity index (χ0v) is 11.6. The van der Waals surface area contributed by atoms with Crippen LogP contribution in [0, 0.1) is 13.8 Å². The van der Waals surface area contributed by atoms with Crippen LogP contribution in [0.25, 0.3) is 0 Å². The monoisotopic (exact) mass is 273 g/mol. The SMILES string of the molecule is Cc1cccc(Sc2cc(/C(N)=N/O)cc(C)n2)c1. The Morgan fingerprint density at radius 3 is 2.74 bits per heavy atom. The summed E-state index contributed by atoms with van der Waals surface area (Å²) < 4.78 is 0. The third kappa shape index (κ3) is 3.48. The van der Waals surface area contributed by atoms with Crippen LogP contribution in [-0.4, -0.2) is 16.0 Å². The molecule has 0 aliphatic rings. The van der Waals surface area contributed by atoms with E-state index in [9.17, 15) is 0 Å². The summed E-state index contributed by atoms with van der Waals surface area (Å²) in [6, 6.07) is 11.8. The van der Waals surface area contributed by atoms with Crippen LogP contribution in [0.4, 0.5) is 0 Å². The minimum absolute atomic E-state index is 0.0941. The zero-order chi connectivity index (χ0) is 13.8. The first-order chi connectivity index (χ1) is 9.08. The standard InChI is InChI=1S/C14H15N3OS/c1-9-4-3-5-12(6-9)19-13-8-11(14(15)17-18)7-10(2)16-13/h3-8,18H,1-2H3,(H2,15,17). The molecule has 0 amide bonds. The Bertz CT molecular complexity index is 626. The van der Waals surface area contributed by atoms with Gasteiger partial charge in [-0.3, -0.25) is 0 Å². The van der Waals surface area contributed by atoms with Crippen LogP contribution in [0.3, 0.4) is 0 Å². The number of hydrogen-bond donors (Lipinski definition) is 2. The summed E-state index contributed by atoms with van der Waals surface area (Å²) in [4.78, 5) is 5.56. The van der Waals surface area contributed by atoms with Crippen LogP contribution in [0.15, 0.2) is 51.5 Å². The largest absolute Gasteiger partial charge is 0.409 e. The predicted molar refractivity (Wildman–Crippen MR) is 76.8 cm³/mol. The van der Waals surface area contributed by atoms with Crippen molar-refractivity contribution in [2.45, 2.75) is 23.8 Å². The van der Waals surface area contributed by atoms with E-state index in [0.717, 1.165) is 15.6 Å². The highest BCUT2D eigenvalue weighted by molar-refractivity contribution is 7.99. The Morgan fingerprint density at radius 1 is 1.26 bits per heavy atom. The van der Waals surface area contributed by atoms with Gasteiger partial charge in [0.15, 0.2) is 5.84 Å². The summed E-state index contributed by atoms with van der Waals surface area (Å²) in [5.41, 5.74) is 8.32. The van der Waals surface area contributed by atoms with Crippen molar-refractivity contribution in [2.24, 2.45) is 10.9 Å². The topological polar surface area (TPSA) is 71.5 Å². The molecule has 3 N–H and O–H groups in total. The van der Waals surface area contributed by atoms with Crippen LogP contribution >= 0.6 is 11.8 Å². The molecule has 2 aromatic rings. The predicted octanol–water partition coefficient (Wildman–Crippen LogP) is 2.94. The lowest BCUT2D eigenvalue weighted by molar-refractivity contribution is 0.318. The molecule has 2 rings (SSSR count). The van der Waals surface area contributed by atoms with Gasteiger partial charge in [-0.1, -0.05) is 34.6 Å². The zero-order valence-electron chi connectivity index (χ0n) is 10.8. The maximum atomic E-state index is 8.73. The van der Waals surface area contributed by atoms with Crippen molar-refractivity contribution >= 4 is 17.6 Å². The molecule has 5 heteroatoms. The molecular formula is C14H15N3OS. The normalized spacial score (nSPS) is 11.6.